The number of para-hydroxylation sites is 2. The molecule has 1 aliphatic heterocycles. The van der Waals surface area contributed by atoms with Crippen LogP contribution in [-0.4, -0.2) is 58.3 Å². The highest BCUT2D eigenvalue weighted by atomic mass is 16.6. The fourth-order valence-electron chi connectivity index (χ4n) is 2.96. The number of carbonyl (C=O) groups excluding carboxylic acids is 1. The number of amides is 1. The lowest BCUT2D eigenvalue weighted by molar-refractivity contribution is -0.383. The van der Waals surface area contributed by atoms with Crippen LogP contribution in [-0.2, 0) is 11.3 Å². The molecule has 8 nitrogen and oxygen atoms in total. The van der Waals surface area contributed by atoms with E-state index >= 15 is 0 Å². The van der Waals surface area contributed by atoms with Gasteiger partial charge in [0.25, 0.3) is 5.69 Å². The zero-order valence-electron chi connectivity index (χ0n) is 14.4. The summed E-state index contributed by atoms with van der Waals surface area (Å²) < 4.78 is 0. The zero-order valence-corrected chi connectivity index (χ0v) is 14.4. The van der Waals surface area contributed by atoms with Crippen LogP contribution >= 0.6 is 0 Å². The highest BCUT2D eigenvalue weighted by molar-refractivity contribution is 5.94. The number of nitrogens with zero attached hydrogens (tertiary/aromatic N) is 4. The molecule has 0 aliphatic carbocycles. The number of anilines is 1. The van der Waals surface area contributed by atoms with E-state index in [-0.39, 0.29) is 23.8 Å². The number of nitrogens with one attached hydrogen (secondary N) is 1. The average molecular weight is 355 g/mol. The van der Waals surface area contributed by atoms with Gasteiger partial charge in [0.1, 0.15) is 5.69 Å². The minimum atomic E-state index is -0.494. The number of benzene rings is 1. The molecule has 26 heavy (non-hydrogen) atoms. The van der Waals surface area contributed by atoms with Crippen LogP contribution in [0.25, 0.3) is 0 Å². The molecule has 3 rings (SSSR count). The van der Waals surface area contributed by atoms with Crippen molar-refractivity contribution in [3.05, 3.63) is 64.5 Å². The largest absolute Gasteiger partial charge is 0.319 e. The second-order valence-corrected chi connectivity index (χ2v) is 6.20. The van der Waals surface area contributed by atoms with Crippen molar-refractivity contribution in [1.82, 2.24) is 14.8 Å². The third kappa shape index (κ3) is 4.84. The molecular formula is C18H21N5O3. The first-order valence-electron chi connectivity index (χ1n) is 8.50. The van der Waals surface area contributed by atoms with E-state index in [2.05, 4.69) is 20.1 Å². The SMILES string of the molecule is O=C(CN1CCN(Cc2ccccn2)CC1)Nc1ccccc1[N+](=O)[O-]. The van der Waals surface area contributed by atoms with Crippen LogP contribution in [0.5, 0.6) is 0 Å². The van der Waals surface area contributed by atoms with Crippen LogP contribution in [0.15, 0.2) is 48.7 Å². The molecular weight excluding hydrogens is 334 g/mol. The number of rotatable bonds is 6. The molecule has 1 amide bonds. The lowest BCUT2D eigenvalue weighted by Gasteiger charge is -2.34. The van der Waals surface area contributed by atoms with Gasteiger partial charge in [-0.05, 0) is 18.2 Å². The van der Waals surface area contributed by atoms with Gasteiger partial charge in [0.15, 0.2) is 0 Å². The van der Waals surface area contributed by atoms with Gasteiger partial charge in [-0.25, -0.2) is 0 Å². The Balaban J connectivity index is 1.47. The molecule has 0 saturated carbocycles. The van der Waals surface area contributed by atoms with E-state index in [9.17, 15) is 14.9 Å². The van der Waals surface area contributed by atoms with Crippen LogP contribution in [0.1, 0.15) is 5.69 Å². The number of aromatic nitrogens is 1. The fraction of sp³-hybridized carbons (Fsp3) is 0.333. The Morgan fingerprint density at radius 2 is 1.77 bits per heavy atom. The summed E-state index contributed by atoms with van der Waals surface area (Å²) in [5, 5.41) is 13.7. The molecule has 1 N–H and O–H groups in total. The van der Waals surface area contributed by atoms with Crippen molar-refractivity contribution in [1.29, 1.82) is 0 Å². The zero-order chi connectivity index (χ0) is 18.4. The summed E-state index contributed by atoms with van der Waals surface area (Å²) in [6, 6.07) is 12.1. The molecule has 0 atom stereocenters. The number of pyridine rings is 1. The van der Waals surface area contributed by atoms with Crippen molar-refractivity contribution < 1.29 is 9.72 Å². The van der Waals surface area contributed by atoms with Crippen molar-refractivity contribution in [3.8, 4) is 0 Å². The third-order valence-electron chi connectivity index (χ3n) is 4.32. The molecule has 1 aromatic carbocycles. The Morgan fingerprint density at radius 3 is 2.46 bits per heavy atom. The van der Waals surface area contributed by atoms with E-state index in [1.165, 1.54) is 6.07 Å². The Labute approximate surface area is 151 Å². The van der Waals surface area contributed by atoms with Crippen molar-refractivity contribution in [3.63, 3.8) is 0 Å². The van der Waals surface area contributed by atoms with Gasteiger partial charge in [-0.2, -0.15) is 0 Å². The molecule has 1 saturated heterocycles. The molecule has 0 spiro atoms. The van der Waals surface area contributed by atoms with Gasteiger partial charge in [-0.15, -0.1) is 0 Å². The molecule has 0 radical (unpaired) electrons. The monoisotopic (exact) mass is 355 g/mol. The summed E-state index contributed by atoms with van der Waals surface area (Å²) in [5.74, 6) is -0.238. The maximum Gasteiger partial charge on any atom is 0.292 e. The summed E-state index contributed by atoms with van der Waals surface area (Å²) in [5.41, 5.74) is 1.17. The highest BCUT2D eigenvalue weighted by Crippen LogP contribution is 2.23. The second-order valence-electron chi connectivity index (χ2n) is 6.20. The molecule has 1 aliphatic rings. The van der Waals surface area contributed by atoms with Crippen molar-refractivity contribution in [2.75, 3.05) is 38.0 Å². The minimum absolute atomic E-state index is 0.0963. The number of nitro benzene ring substituents is 1. The molecule has 2 aromatic rings. The predicted octanol–water partition coefficient (Wildman–Crippen LogP) is 1.75. The Hall–Kier alpha value is -2.84. The lowest BCUT2D eigenvalue weighted by Crippen LogP contribution is -2.48. The van der Waals surface area contributed by atoms with Gasteiger partial charge in [-0.1, -0.05) is 18.2 Å². The Kier molecular flexibility index (Phi) is 5.88. The predicted molar refractivity (Wildman–Crippen MR) is 97.7 cm³/mol. The minimum Gasteiger partial charge on any atom is -0.319 e. The van der Waals surface area contributed by atoms with Gasteiger partial charge >= 0.3 is 0 Å². The van der Waals surface area contributed by atoms with Gasteiger partial charge in [0.2, 0.25) is 5.91 Å². The first-order valence-corrected chi connectivity index (χ1v) is 8.50. The summed E-state index contributed by atoms with van der Waals surface area (Å²) in [6.07, 6.45) is 1.79. The van der Waals surface area contributed by atoms with E-state index in [4.69, 9.17) is 0 Å². The number of hydrogen-bond donors (Lipinski definition) is 1. The molecule has 8 heteroatoms. The summed E-state index contributed by atoms with van der Waals surface area (Å²) in [7, 11) is 0. The molecule has 2 heterocycles. The molecule has 0 unspecified atom stereocenters. The number of carbonyl (C=O) groups is 1. The van der Waals surface area contributed by atoms with Crippen molar-refractivity contribution >= 4 is 17.3 Å². The smallest absolute Gasteiger partial charge is 0.292 e. The van der Waals surface area contributed by atoms with Crippen LogP contribution < -0.4 is 5.32 Å². The van der Waals surface area contributed by atoms with Gasteiger partial charge in [0, 0.05) is 45.0 Å². The summed E-state index contributed by atoms with van der Waals surface area (Å²) in [4.78, 5) is 31.4. The normalized spacial score (nSPS) is 15.5. The first-order chi connectivity index (χ1) is 12.6. The van der Waals surface area contributed by atoms with E-state index < -0.39 is 4.92 Å². The number of nitro groups is 1. The molecule has 1 aromatic heterocycles. The first kappa shape index (κ1) is 18.0. The standard InChI is InChI=1S/C18H21N5O3/c24-18(20-16-6-1-2-7-17(16)23(25)26)14-22-11-9-21(10-12-22)13-15-5-3-4-8-19-15/h1-8H,9-14H2,(H,20,24). The Bertz CT molecular complexity index is 760. The van der Waals surface area contributed by atoms with E-state index in [0.717, 1.165) is 38.4 Å². The molecule has 1 fully saturated rings. The van der Waals surface area contributed by atoms with Crippen LogP contribution in [0.2, 0.25) is 0 Å². The van der Waals surface area contributed by atoms with Crippen LogP contribution in [0.3, 0.4) is 0 Å². The van der Waals surface area contributed by atoms with Crippen LogP contribution in [0, 0.1) is 10.1 Å². The van der Waals surface area contributed by atoms with Gasteiger partial charge in [0.05, 0.1) is 17.2 Å². The number of hydrogen-bond acceptors (Lipinski definition) is 6. The van der Waals surface area contributed by atoms with Gasteiger partial charge in [-0.3, -0.25) is 29.7 Å². The maximum atomic E-state index is 12.2. The third-order valence-corrected chi connectivity index (χ3v) is 4.32. The van der Waals surface area contributed by atoms with Crippen molar-refractivity contribution in [2.45, 2.75) is 6.54 Å². The summed E-state index contributed by atoms with van der Waals surface area (Å²) in [6.45, 7) is 4.29. The van der Waals surface area contributed by atoms with Crippen LogP contribution in [0.4, 0.5) is 11.4 Å². The van der Waals surface area contributed by atoms with E-state index in [1.54, 1.807) is 24.4 Å². The maximum absolute atomic E-state index is 12.2. The van der Waals surface area contributed by atoms with Crippen molar-refractivity contribution in [2.24, 2.45) is 0 Å². The molecule has 0 bridgehead atoms. The second kappa shape index (κ2) is 8.50. The summed E-state index contributed by atoms with van der Waals surface area (Å²) >= 11 is 0. The van der Waals surface area contributed by atoms with E-state index in [0.29, 0.717) is 0 Å². The Morgan fingerprint density at radius 1 is 1.08 bits per heavy atom. The number of piperazine rings is 1. The van der Waals surface area contributed by atoms with Gasteiger partial charge < -0.3 is 5.32 Å². The molecule has 136 valence electrons. The average Bonchev–Trinajstić information content (AvgIpc) is 2.64. The highest BCUT2D eigenvalue weighted by Gasteiger charge is 2.21. The quantitative estimate of drug-likeness (QED) is 0.627. The van der Waals surface area contributed by atoms with E-state index in [1.807, 2.05) is 18.2 Å². The lowest BCUT2D eigenvalue weighted by atomic mass is 10.2. The fourth-order valence-corrected chi connectivity index (χ4v) is 2.96. The topological polar surface area (TPSA) is 91.6 Å².